The van der Waals surface area contributed by atoms with Crippen molar-refractivity contribution in [2.45, 2.75) is 57.6 Å². The Morgan fingerprint density at radius 2 is 1.50 bits per heavy atom. The number of benzene rings is 3. The highest BCUT2D eigenvalue weighted by molar-refractivity contribution is 7.92. The maximum absolute atomic E-state index is 14.0. The average Bonchev–Trinajstić information content (AvgIpc) is 2.94. The van der Waals surface area contributed by atoms with Gasteiger partial charge in [0.05, 0.1) is 24.3 Å². The highest BCUT2D eigenvalue weighted by Gasteiger charge is 2.33. The van der Waals surface area contributed by atoms with E-state index in [0.717, 1.165) is 9.87 Å². The molecule has 0 spiro atoms. The van der Waals surface area contributed by atoms with E-state index < -0.39 is 34.1 Å². The van der Waals surface area contributed by atoms with Gasteiger partial charge in [0.1, 0.15) is 24.1 Å². The highest BCUT2D eigenvalue weighted by atomic mass is 35.5. The second-order valence-corrected chi connectivity index (χ2v) is 13.0. The minimum Gasteiger partial charge on any atom is -0.497 e. The molecule has 3 aromatic rings. The van der Waals surface area contributed by atoms with Gasteiger partial charge >= 0.3 is 0 Å². The van der Waals surface area contributed by atoms with Crippen molar-refractivity contribution in [1.82, 2.24) is 10.2 Å². The molecule has 0 aliphatic rings. The molecule has 1 N–H and O–H groups in total. The first-order chi connectivity index (χ1) is 19.7. The Hall–Kier alpha value is -3.76. The molecule has 0 saturated heterocycles. The van der Waals surface area contributed by atoms with Crippen molar-refractivity contribution in [2.24, 2.45) is 0 Å². The topological polar surface area (TPSA) is 105 Å². The lowest BCUT2D eigenvalue weighted by molar-refractivity contribution is -0.140. The zero-order valence-corrected chi connectivity index (χ0v) is 26.3. The fourth-order valence-corrected chi connectivity index (χ4v) is 5.66. The molecule has 0 bridgehead atoms. The van der Waals surface area contributed by atoms with Crippen molar-refractivity contribution in [1.29, 1.82) is 0 Å². The molecule has 0 fully saturated rings. The van der Waals surface area contributed by atoms with Crippen LogP contribution in [0.5, 0.6) is 11.5 Å². The summed E-state index contributed by atoms with van der Waals surface area (Å²) in [5, 5.41) is 3.29. The molecule has 3 rings (SSSR count). The number of methoxy groups -OCH3 is 1. The van der Waals surface area contributed by atoms with Crippen molar-refractivity contribution in [3.8, 4) is 11.5 Å². The third kappa shape index (κ3) is 8.62. The first-order valence-corrected chi connectivity index (χ1v) is 15.3. The van der Waals surface area contributed by atoms with Crippen LogP contribution in [0.2, 0.25) is 5.02 Å². The van der Waals surface area contributed by atoms with E-state index in [2.05, 4.69) is 5.32 Å². The minimum absolute atomic E-state index is 0.0335. The molecular formula is C31H38ClN3O6S. The summed E-state index contributed by atoms with van der Waals surface area (Å²) in [5.41, 5.74) is 0.470. The van der Waals surface area contributed by atoms with Gasteiger partial charge in [-0.3, -0.25) is 13.9 Å². The van der Waals surface area contributed by atoms with Crippen LogP contribution in [-0.4, -0.2) is 57.0 Å². The molecule has 3 aromatic carbocycles. The second kappa shape index (κ2) is 13.9. The van der Waals surface area contributed by atoms with Crippen molar-refractivity contribution in [2.75, 3.05) is 24.6 Å². The maximum atomic E-state index is 14.0. The molecule has 2 amide bonds. The van der Waals surface area contributed by atoms with Gasteiger partial charge < -0.3 is 19.7 Å². The van der Waals surface area contributed by atoms with Gasteiger partial charge in [0.25, 0.3) is 10.0 Å². The largest absolute Gasteiger partial charge is 0.497 e. The monoisotopic (exact) mass is 615 g/mol. The number of sulfonamides is 1. The van der Waals surface area contributed by atoms with Crippen LogP contribution in [0.15, 0.2) is 77.7 Å². The van der Waals surface area contributed by atoms with E-state index in [1.165, 1.54) is 29.2 Å². The Bertz CT molecular complexity index is 1450. The zero-order valence-electron chi connectivity index (χ0n) is 24.8. The first kappa shape index (κ1) is 32.8. The summed E-state index contributed by atoms with van der Waals surface area (Å²) in [6, 6.07) is 18.4. The third-order valence-corrected chi connectivity index (χ3v) is 8.33. The number of nitrogens with one attached hydrogen (secondary N) is 1. The predicted molar refractivity (Wildman–Crippen MR) is 164 cm³/mol. The summed E-state index contributed by atoms with van der Waals surface area (Å²) in [5.74, 6) is 0.280. The Morgan fingerprint density at radius 3 is 2.02 bits per heavy atom. The maximum Gasteiger partial charge on any atom is 0.264 e. The number of carbonyl (C=O) groups excluding carboxylic acids is 2. The zero-order chi connectivity index (χ0) is 31.1. The van der Waals surface area contributed by atoms with Crippen LogP contribution < -0.4 is 19.1 Å². The van der Waals surface area contributed by atoms with Crippen molar-refractivity contribution < 1.29 is 27.5 Å². The van der Waals surface area contributed by atoms with E-state index in [4.69, 9.17) is 21.1 Å². The molecule has 0 aliphatic heterocycles. The molecular weight excluding hydrogens is 578 g/mol. The van der Waals surface area contributed by atoms with Gasteiger partial charge in [-0.05, 0) is 101 Å². The molecule has 9 nitrogen and oxygen atoms in total. The number of halogens is 1. The lowest BCUT2D eigenvalue weighted by atomic mass is 10.1. The van der Waals surface area contributed by atoms with E-state index in [1.54, 1.807) is 62.6 Å². The van der Waals surface area contributed by atoms with E-state index in [-0.39, 0.29) is 23.0 Å². The van der Waals surface area contributed by atoms with Gasteiger partial charge in [-0.1, -0.05) is 23.7 Å². The van der Waals surface area contributed by atoms with Crippen LogP contribution >= 0.6 is 11.6 Å². The number of hydrogen-bond acceptors (Lipinski definition) is 6. The number of ether oxygens (including phenoxy) is 2. The van der Waals surface area contributed by atoms with Crippen LogP contribution in [0, 0.1) is 0 Å². The number of hydrogen-bond donors (Lipinski definition) is 1. The molecule has 0 radical (unpaired) electrons. The molecule has 0 saturated carbocycles. The van der Waals surface area contributed by atoms with E-state index >= 15 is 0 Å². The summed E-state index contributed by atoms with van der Waals surface area (Å²) in [6.45, 7) is 8.97. The van der Waals surface area contributed by atoms with Crippen LogP contribution in [0.25, 0.3) is 0 Å². The molecule has 226 valence electrons. The molecule has 42 heavy (non-hydrogen) atoms. The summed E-state index contributed by atoms with van der Waals surface area (Å²) in [4.78, 5) is 28.6. The van der Waals surface area contributed by atoms with Crippen LogP contribution in [0.3, 0.4) is 0 Å². The van der Waals surface area contributed by atoms with Crippen molar-refractivity contribution in [3.05, 3.63) is 83.4 Å². The summed E-state index contributed by atoms with van der Waals surface area (Å²) >= 11 is 6.01. The summed E-state index contributed by atoms with van der Waals surface area (Å²) in [6.07, 6.45) is 0. The minimum atomic E-state index is -4.21. The Morgan fingerprint density at radius 1 is 0.929 bits per heavy atom. The van der Waals surface area contributed by atoms with Gasteiger partial charge in [-0.25, -0.2) is 8.42 Å². The van der Waals surface area contributed by atoms with Gasteiger partial charge in [-0.2, -0.15) is 0 Å². The standard InChI is InChI=1S/C31H38ClN3O6S/c1-7-41-27-16-12-25(13-17-27)35(42(38,39)28-18-10-24(32)11-19-28)21-29(36)34(22(2)30(37)33-31(3,4)5)20-23-8-14-26(40-6)15-9-23/h8-19,22H,7,20-21H2,1-6H3,(H,33,37)/t22-/m0/s1. The number of nitrogens with zero attached hydrogens (tertiary/aromatic N) is 2. The van der Waals surface area contributed by atoms with Gasteiger partial charge in [0, 0.05) is 17.1 Å². The molecule has 0 unspecified atom stereocenters. The van der Waals surface area contributed by atoms with Gasteiger partial charge in [0.15, 0.2) is 0 Å². The first-order valence-electron chi connectivity index (χ1n) is 13.5. The van der Waals surface area contributed by atoms with E-state index in [9.17, 15) is 18.0 Å². The van der Waals surface area contributed by atoms with Crippen LogP contribution in [0.1, 0.15) is 40.2 Å². The molecule has 0 aromatic heterocycles. The fraction of sp³-hybridized carbons (Fsp3) is 0.355. The third-order valence-electron chi connectivity index (χ3n) is 6.29. The predicted octanol–water partition coefficient (Wildman–Crippen LogP) is 5.27. The number of anilines is 1. The van der Waals surface area contributed by atoms with Crippen LogP contribution in [0.4, 0.5) is 5.69 Å². The van der Waals surface area contributed by atoms with Gasteiger partial charge in [0.2, 0.25) is 11.8 Å². The van der Waals surface area contributed by atoms with Crippen molar-refractivity contribution >= 4 is 39.1 Å². The quantitative estimate of drug-likeness (QED) is 0.297. The van der Waals surface area contributed by atoms with E-state index in [1.807, 2.05) is 27.7 Å². The van der Waals surface area contributed by atoms with Crippen molar-refractivity contribution in [3.63, 3.8) is 0 Å². The summed E-state index contributed by atoms with van der Waals surface area (Å²) < 4.78 is 39.6. The smallest absolute Gasteiger partial charge is 0.264 e. The van der Waals surface area contributed by atoms with Crippen LogP contribution in [-0.2, 0) is 26.2 Å². The molecule has 1 atom stereocenters. The average molecular weight is 616 g/mol. The molecule has 11 heteroatoms. The normalized spacial score (nSPS) is 12.3. The lowest BCUT2D eigenvalue weighted by Gasteiger charge is -2.33. The highest BCUT2D eigenvalue weighted by Crippen LogP contribution is 2.27. The number of rotatable bonds is 12. The SMILES string of the molecule is CCOc1ccc(N(CC(=O)N(Cc2ccc(OC)cc2)[C@@H](C)C(=O)NC(C)(C)C)S(=O)(=O)c2ccc(Cl)cc2)cc1. The van der Waals surface area contributed by atoms with E-state index in [0.29, 0.717) is 23.1 Å². The molecule has 0 heterocycles. The van der Waals surface area contributed by atoms with Gasteiger partial charge in [-0.15, -0.1) is 0 Å². The lowest BCUT2D eigenvalue weighted by Crippen LogP contribution is -2.54. The Balaban J connectivity index is 2.03. The Labute approximate surface area is 253 Å². The second-order valence-electron chi connectivity index (χ2n) is 10.7. The fourth-order valence-electron chi connectivity index (χ4n) is 4.12. The Kier molecular flexibility index (Phi) is 10.9. The molecule has 0 aliphatic carbocycles. The summed E-state index contributed by atoms with van der Waals surface area (Å²) in [7, 11) is -2.66. The number of carbonyl (C=O) groups is 2. The number of amides is 2.